The van der Waals surface area contributed by atoms with E-state index in [1.165, 1.54) is 5.56 Å². The third-order valence-corrected chi connectivity index (χ3v) is 4.35. The summed E-state index contributed by atoms with van der Waals surface area (Å²) in [5, 5.41) is 2.94. The molecule has 0 aliphatic rings. The second kappa shape index (κ2) is 8.09. The van der Waals surface area contributed by atoms with Gasteiger partial charge in [0.1, 0.15) is 12.4 Å². The van der Waals surface area contributed by atoms with Gasteiger partial charge in [-0.05, 0) is 40.8 Å². The van der Waals surface area contributed by atoms with Crippen LogP contribution in [0.4, 0.5) is 5.69 Å². The number of benzene rings is 3. The van der Waals surface area contributed by atoms with E-state index >= 15 is 0 Å². The van der Waals surface area contributed by atoms with E-state index in [0.717, 1.165) is 11.3 Å². The quantitative estimate of drug-likeness (QED) is 0.624. The van der Waals surface area contributed by atoms with Crippen LogP contribution in [0.25, 0.3) is 0 Å². The number of carbonyl (C=O) groups is 1. The molecular weight excluding hydrogens is 334 g/mol. The molecule has 0 aromatic heterocycles. The Balaban J connectivity index is 1.64. The Bertz CT molecular complexity index is 894. The summed E-state index contributed by atoms with van der Waals surface area (Å²) in [7, 11) is 0. The zero-order valence-electron chi connectivity index (χ0n) is 16.0. The van der Waals surface area contributed by atoms with E-state index in [-0.39, 0.29) is 11.3 Å². The van der Waals surface area contributed by atoms with E-state index in [0.29, 0.717) is 17.9 Å². The first-order chi connectivity index (χ1) is 12.9. The SMILES string of the molecule is CC(C)(C)c1ccc(C(=O)Nc2cccc(OCc3ccccc3)c2)cc1. The summed E-state index contributed by atoms with van der Waals surface area (Å²) in [5.41, 5.74) is 3.73. The Kier molecular flexibility index (Phi) is 5.60. The van der Waals surface area contributed by atoms with Crippen molar-refractivity contribution in [3.05, 3.63) is 95.6 Å². The molecule has 0 saturated heterocycles. The van der Waals surface area contributed by atoms with E-state index in [9.17, 15) is 4.79 Å². The molecule has 27 heavy (non-hydrogen) atoms. The van der Waals surface area contributed by atoms with Crippen molar-refractivity contribution < 1.29 is 9.53 Å². The van der Waals surface area contributed by atoms with E-state index < -0.39 is 0 Å². The van der Waals surface area contributed by atoms with Crippen LogP contribution in [0.3, 0.4) is 0 Å². The van der Waals surface area contributed by atoms with Crippen molar-refractivity contribution in [3.63, 3.8) is 0 Å². The summed E-state index contributed by atoms with van der Waals surface area (Å²) < 4.78 is 5.82. The molecule has 0 spiro atoms. The minimum Gasteiger partial charge on any atom is -0.489 e. The standard InChI is InChI=1S/C24H25NO2/c1-24(2,3)20-14-12-19(13-15-20)23(26)25-21-10-7-11-22(16-21)27-17-18-8-5-4-6-9-18/h4-16H,17H2,1-3H3,(H,25,26). The number of nitrogens with one attached hydrogen (secondary N) is 1. The number of rotatable bonds is 5. The van der Waals surface area contributed by atoms with Crippen molar-refractivity contribution in [1.29, 1.82) is 0 Å². The average Bonchev–Trinajstić information content (AvgIpc) is 2.67. The number of carbonyl (C=O) groups excluding carboxylic acids is 1. The predicted octanol–water partition coefficient (Wildman–Crippen LogP) is 5.82. The van der Waals surface area contributed by atoms with Crippen molar-refractivity contribution in [1.82, 2.24) is 0 Å². The summed E-state index contributed by atoms with van der Waals surface area (Å²) in [4.78, 5) is 12.5. The summed E-state index contributed by atoms with van der Waals surface area (Å²) in [6, 6.07) is 25.2. The van der Waals surface area contributed by atoms with Crippen molar-refractivity contribution in [2.75, 3.05) is 5.32 Å². The number of amides is 1. The topological polar surface area (TPSA) is 38.3 Å². The fraction of sp³-hybridized carbons (Fsp3) is 0.208. The highest BCUT2D eigenvalue weighted by Crippen LogP contribution is 2.23. The van der Waals surface area contributed by atoms with Crippen molar-refractivity contribution in [2.24, 2.45) is 0 Å². The lowest BCUT2D eigenvalue weighted by Gasteiger charge is -2.19. The highest BCUT2D eigenvalue weighted by atomic mass is 16.5. The second-order valence-electron chi connectivity index (χ2n) is 7.58. The molecule has 138 valence electrons. The first kappa shape index (κ1) is 18.7. The molecule has 0 bridgehead atoms. The van der Waals surface area contributed by atoms with Crippen LogP contribution in [0.1, 0.15) is 42.3 Å². The van der Waals surface area contributed by atoms with Crippen LogP contribution >= 0.6 is 0 Å². The fourth-order valence-electron chi connectivity index (χ4n) is 2.73. The Hall–Kier alpha value is -3.07. The third-order valence-electron chi connectivity index (χ3n) is 4.35. The zero-order chi connectivity index (χ0) is 19.3. The fourth-order valence-corrected chi connectivity index (χ4v) is 2.73. The van der Waals surface area contributed by atoms with E-state index in [4.69, 9.17) is 4.74 Å². The molecular formula is C24H25NO2. The van der Waals surface area contributed by atoms with Crippen LogP contribution in [0, 0.1) is 0 Å². The van der Waals surface area contributed by atoms with Gasteiger partial charge in [0.2, 0.25) is 0 Å². The zero-order valence-corrected chi connectivity index (χ0v) is 16.0. The molecule has 0 unspecified atom stereocenters. The maximum absolute atomic E-state index is 12.5. The van der Waals surface area contributed by atoms with Gasteiger partial charge in [-0.2, -0.15) is 0 Å². The van der Waals surface area contributed by atoms with Gasteiger partial charge in [0.15, 0.2) is 0 Å². The number of anilines is 1. The van der Waals surface area contributed by atoms with E-state index in [1.54, 1.807) is 0 Å². The van der Waals surface area contributed by atoms with Gasteiger partial charge in [-0.3, -0.25) is 4.79 Å². The highest BCUT2D eigenvalue weighted by molar-refractivity contribution is 6.04. The number of hydrogen-bond donors (Lipinski definition) is 1. The summed E-state index contributed by atoms with van der Waals surface area (Å²) in [6.07, 6.45) is 0. The molecule has 0 radical (unpaired) electrons. The molecule has 3 aromatic carbocycles. The number of hydrogen-bond acceptors (Lipinski definition) is 2. The van der Waals surface area contributed by atoms with Gasteiger partial charge in [0.25, 0.3) is 5.91 Å². The predicted molar refractivity (Wildman–Crippen MR) is 110 cm³/mol. The Labute approximate surface area is 161 Å². The van der Waals surface area contributed by atoms with Gasteiger partial charge in [0.05, 0.1) is 0 Å². The van der Waals surface area contributed by atoms with E-state index in [1.807, 2.05) is 78.9 Å². The monoisotopic (exact) mass is 359 g/mol. The van der Waals surface area contributed by atoms with Gasteiger partial charge in [-0.1, -0.05) is 69.3 Å². The van der Waals surface area contributed by atoms with Crippen LogP contribution in [0.2, 0.25) is 0 Å². The van der Waals surface area contributed by atoms with Gasteiger partial charge in [-0.25, -0.2) is 0 Å². The first-order valence-electron chi connectivity index (χ1n) is 9.10. The normalized spacial score (nSPS) is 11.1. The average molecular weight is 359 g/mol. The Morgan fingerprint density at radius 3 is 2.26 bits per heavy atom. The lowest BCUT2D eigenvalue weighted by Crippen LogP contribution is -2.14. The maximum atomic E-state index is 12.5. The molecule has 3 heteroatoms. The lowest BCUT2D eigenvalue weighted by molar-refractivity contribution is 0.102. The van der Waals surface area contributed by atoms with Crippen LogP contribution in [-0.4, -0.2) is 5.91 Å². The molecule has 1 N–H and O–H groups in total. The Morgan fingerprint density at radius 2 is 1.59 bits per heavy atom. The van der Waals surface area contributed by atoms with Crippen molar-refractivity contribution >= 4 is 11.6 Å². The molecule has 0 aliphatic heterocycles. The number of ether oxygens (including phenoxy) is 1. The van der Waals surface area contributed by atoms with Crippen LogP contribution in [0.5, 0.6) is 5.75 Å². The van der Waals surface area contributed by atoms with Crippen LogP contribution < -0.4 is 10.1 Å². The molecule has 3 aromatic rings. The van der Waals surface area contributed by atoms with Gasteiger partial charge < -0.3 is 10.1 Å². The van der Waals surface area contributed by atoms with Crippen LogP contribution in [-0.2, 0) is 12.0 Å². The minimum absolute atomic E-state index is 0.0689. The van der Waals surface area contributed by atoms with Crippen molar-refractivity contribution in [2.45, 2.75) is 32.8 Å². The van der Waals surface area contributed by atoms with Gasteiger partial charge in [-0.15, -0.1) is 0 Å². The summed E-state index contributed by atoms with van der Waals surface area (Å²) >= 11 is 0. The first-order valence-corrected chi connectivity index (χ1v) is 9.10. The molecule has 0 atom stereocenters. The maximum Gasteiger partial charge on any atom is 0.255 e. The largest absolute Gasteiger partial charge is 0.489 e. The molecule has 0 saturated carbocycles. The highest BCUT2D eigenvalue weighted by Gasteiger charge is 2.14. The van der Waals surface area contributed by atoms with E-state index in [2.05, 4.69) is 26.1 Å². The molecule has 3 nitrogen and oxygen atoms in total. The molecule has 0 heterocycles. The third kappa shape index (κ3) is 5.20. The lowest BCUT2D eigenvalue weighted by atomic mass is 9.87. The van der Waals surface area contributed by atoms with Crippen LogP contribution in [0.15, 0.2) is 78.9 Å². The second-order valence-corrected chi connectivity index (χ2v) is 7.58. The summed E-state index contributed by atoms with van der Waals surface area (Å²) in [5.74, 6) is 0.593. The van der Waals surface area contributed by atoms with Crippen molar-refractivity contribution in [3.8, 4) is 5.75 Å². The molecule has 0 fully saturated rings. The molecule has 0 aliphatic carbocycles. The van der Waals surface area contributed by atoms with Gasteiger partial charge in [0, 0.05) is 17.3 Å². The molecule has 1 amide bonds. The Morgan fingerprint density at radius 1 is 0.889 bits per heavy atom. The minimum atomic E-state index is -0.129. The smallest absolute Gasteiger partial charge is 0.255 e. The summed E-state index contributed by atoms with van der Waals surface area (Å²) in [6.45, 7) is 6.96. The van der Waals surface area contributed by atoms with Gasteiger partial charge >= 0.3 is 0 Å². The molecule has 3 rings (SSSR count).